The molecule has 1 rings (SSSR count). The molecule has 1 aromatic heterocycles. The average molecular weight is 122 g/mol. The van der Waals surface area contributed by atoms with Crippen LogP contribution < -0.4 is 11.2 Å². The maximum atomic E-state index is 12.3. The van der Waals surface area contributed by atoms with Gasteiger partial charge in [0.2, 0.25) is 5.95 Å². The van der Waals surface area contributed by atoms with Crippen LogP contribution in [-0.2, 0) is 0 Å². The molecule has 0 saturated carbocycles. The van der Waals surface area contributed by atoms with E-state index in [1.165, 1.54) is 12.1 Å². The second-order valence-electron chi connectivity index (χ2n) is 1.62. The molecule has 2 nitrogen and oxygen atoms in total. The smallest absolute Gasteiger partial charge is 0.207 e. The number of halogens is 1. The van der Waals surface area contributed by atoms with Crippen LogP contribution in [-0.4, -0.2) is 12.8 Å². The lowest BCUT2D eigenvalue weighted by Crippen LogP contribution is -2.11. The first kappa shape index (κ1) is 6.07. The lowest BCUT2D eigenvalue weighted by molar-refractivity contribution is 0.594. The van der Waals surface area contributed by atoms with Crippen LogP contribution in [0.1, 0.15) is 0 Å². The van der Waals surface area contributed by atoms with Gasteiger partial charge < -0.3 is 5.73 Å². The Balaban J connectivity index is 3.17. The molecular weight excluding hydrogens is 118 g/mol. The summed E-state index contributed by atoms with van der Waals surface area (Å²) in [7, 11) is 5.10. The molecular formula is C5H4BFN2. The molecule has 0 fully saturated rings. The fourth-order valence-corrected chi connectivity index (χ4v) is 0.459. The molecule has 0 atom stereocenters. The maximum Gasteiger partial charge on any atom is 0.207 e. The maximum absolute atomic E-state index is 12.3. The fraction of sp³-hybridized carbons (Fsp3) is 0. The van der Waals surface area contributed by atoms with E-state index >= 15 is 0 Å². The Hall–Kier alpha value is -1.06. The van der Waals surface area contributed by atoms with E-state index in [0.29, 0.717) is 0 Å². The Kier molecular flexibility index (Phi) is 1.38. The van der Waals surface area contributed by atoms with Crippen LogP contribution in [0.4, 0.5) is 10.2 Å². The molecule has 0 aliphatic rings. The number of nitrogen functional groups attached to an aromatic ring is 1. The van der Waals surface area contributed by atoms with Crippen LogP contribution in [0.5, 0.6) is 0 Å². The van der Waals surface area contributed by atoms with Crippen molar-refractivity contribution in [1.29, 1.82) is 0 Å². The molecule has 1 aromatic rings. The number of aromatic nitrogens is 1. The highest BCUT2D eigenvalue weighted by Gasteiger charge is 1.95. The van der Waals surface area contributed by atoms with Crippen LogP contribution >= 0.6 is 0 Å². The number of hydrogen-bond acceptors (Lipinski definition) is 2. The number of nitrogens with two attached hydrogens (primary N) is 1. The first-order chi connectivity index (χ1) is 4.20. The molecule has 0 amide bonds. The van der Waals surface area contributed by atoms with Gasteiger partial charge in [-0.3, -0.25) is 0 Å². The lowest BCUT2D eigenvalue weighted by atomic mass is 9.98. The van der Waals surface area contributed by atoms with Gasteiger partial charge in [-0.2, -0.15) is 4.39 Å². The van der Waals surface area contributed by atoms with Crippen molar-refractivity contribution in [3.8, 4) is 0 Å². The van der Waals surface area contributed by atoms with E-state index < -0.39 is 5.95 Å². The Morgan fingerprint density at radius 1 is 1.56 bits per heavy atom. The van der Waals surface area contributed by atoms with Crippen molar-refractivity contribution in [2.24, 2.45) is 0 Å². The van der Waals surface area contributed by atoms with Crippen LogP contribution in [0.25, 0.3) is 0 Å². The van der Waals surface area contributed by atoms with Gasteiger partial charge in [0.25, 0.3) is 0 Å². The number of rotatable bonds is 0. The Bertz CT molecular complexity index is 226. The minimum atomic E-state index is -0.713. The van der Waals surface area contributed by atoms with E-state index in [9.17, 15) is 4.39 Å². The van der Waals surface area contributed by atoms with Gasteiger partial charge in [0.1, 0.15) is 13.7 Å². The summed E-state index contributed by atoms with van der Waals surface area (Å²) in [6, 6.07) is 2.82. The Morgan fingerprint density at radius 2 is 2.22 bits per heavy atom. The predicted molar refractivity (Wildman–Crippen MR) is 34.0 cm³/mol. The third-order valence-electron chi connectivity index (χ3n) is 0.899. The molecule has 1 heterocycles. The van der Waals surface area contributed by atoms with Crippen molar-refractivity contribution in [3.63, 3.8) is 0 Å². The molecule has 44 valence electrons. The van der Waals surface area contributed by atoms with Crippen molar-refractivity contribution in [1.82, 2.24) is 4.98 Å². The van der Waals surface area contributed by atoms with Crippen molar-refractivity contribution in [3.05, 3.63) is 18.1 Å². The largest absolute Gasteiger partial charge is 0.384 e. The van der Waals surface area contributed by atoms with Gasteiger partial charge >= 0.3 is 0 Å². The molecule has 0 unspecified atom stereocenters. The zero-order valence-electron chi connectivity index (χ0n) is 4.63. The monoisotopic (exact) mass is 122 g/mol. The highest BCUT2D eigenvalue weighted by Crippen LogP contribution is 1.93. The summed E-state index contributed by atoms with van der Waals surface area (Å²) in [5.41, 5.74) is 5.14. The average Bonchev–Trinajstić information content (AvgIpc) is 1.80. The van der Waals surface area contributed by atoms with E-state index in [4.69, 9.17) is 13.6 Å². The van der Waals surface area contributed by atoms with E-state index in [1.807, 2.05) is 0 Å². The zero-order valence-corrected chi connectivity index (χ0v) is 4.63. The second kappa shape index (κ2) is 2.05. The molecule has 2 N–H and O–H groups in total. The second-order valence-corrected chi connectivity index (χ2v) is 1.62. The molecule has 0 saturated heterocycles. The summed E-state index contributed by atoms with van der Waals surface area (Å²) in [6.45, 7) is 0. The van der Waals surface area contributed by atoms with E-state index in [1.54, 1.807) is 0 Å². The van der Waals surface area contributed by atoms with Gasteiger partial charge in [-0.1, -0.05) is 6.07 Å². The minimum absolute atomic E-state index is 0.0178. The summed E-state index contributed by atoms with van der Waals surface area (Å²) in [5, 5.41) is 0. The standard InChI is InChI=1S/C5H4BFN2/c6-3-1-2-4(8)9-5(3)7/h1-2H,(H2,8,9). The Morgan fingerprint density at radius 3 is 2.67 bits per heavy atom. The number of hydrogen-bond donors (Lipinski definition) is 1. The quantitative estimate of drug-likeness (QED) is 0.375. The predicted octanol–water partition coefficient (Wildman–Crippen LogP) is -0.403. The summed E-state index contributed by atoms with van der Waals surface area (Å²) < 4.78 is 12.3. The molecule has 0 spiro atoms. The normalized spacial score (nSPS) is 9.44. The summed E-state index contributed by atoms with van der Waals surface area (Å²) in [6.07, 6.45) is 0. The first-order valence-electron chi connectivity index (χ1n) is 2.37. The summed E-state index contributed by atoms with van der Waals surface area (Å²) >= 11 is 0. The summed E-state index contributed by atoms with van der Waals surface area (Å²) in [4.78, 5) is 3.26. The summed E-state index contributed by atoms with van der Waals surface area (Å²) in [5.74, 6) is -0.572. The van der Waals surface area contributed by atoms with Crippen molar-refractivity contribution in [2.45, 2.75) is 0 Å². The Labute approximate surface area is 53.3 Å². The van der Waals surface area contributed by atoms with Gasteiger partial charge in [-0.25, -0.2) is 4.98 Å². The van der Waals surface area contributed by atoms with Crippen LogP contribution in [0.2, 0.25) is 0 Å². The van der Waals surface area contributed by atoms with Crippen molar-refractivity contribution in [2.75, 3.05) is 5.73 Å². The van der Waals surface area contributed by atoms with Crippen molar-refractivity contribution >= 4 is 19.1 Å². The van der Waals surface area contributed by atoms with Crippen LogP contribution in [0.3, 0.4) is 0 Å². The van der Waals surface area contributed by atoms with Gasteiger partial charge in [0, 0.05) is 0 Å². The number of nitrogens with zero attached hydrogens (tertiary/aromatic N) is 1. The highest BCUT2D eigenvalue weighted by atomic mass is 19.1. The molecule has 4 heteroatoms. The highest BCUT2D eigenvalue weighted by molar-refractivity contribution is 6.32. The third kappa shape index (κ3) is 1.19. The zero-order chi connectivity index (χ0) is 6.85. The van der Waals surface area contributed by atoms with E-state index in [-0.39, 0.29) is 11.3 Å². The van der Waals surface area contributed by atoms with Gasteiger partial charge in [0.15, 0.2) is 0 Å². The first-order valence-corrected chi connectivity index (χ1v) is 2.37. The number of anilines is 1. The molecule has 0 aromatic carbocycles. The number of pyridine rings is 1. The molecule has 0 bridgehead atoms. The van der Waals surface area contributed by atoms with Crippen LogP contribution in [0, 0.1) is 5.95 Å². The van der Waals surface area contributed by atoms with E-state index in [2.05, 4.69) is 4.98 Å². The van der Waals surface area contributed by atoms with Gasteiger partial charge in [-0.15, -0.1) is 0 Å². The molecule has 9 heavy (non-hydrogen) atoms. The minimum Gasteiger partial charge on any atom is -0.384 e. The van der Waals surface area contributed by atoms with Gasteiger partial charge in [0.05, 0.1) is 0 Å². The molecule has 2 radical (unpaired) electrons. The molecule has 0 aliphatic carbocycles. The van der Waals surface area contributed by atoms with E-state index in [0.717, 1.165) is 0 Å². The van der Waals surface area contributed by atoms with Crippen LogP contribution in [0.15, 0.2) is 12.1 Å². The fourth-order valence-electron chi connectivity index (χ4n) is 0.459. The topological polar surface area (TPSA) is 38.9 Å². The lowest BCUT2D eigenvalue weighted by Gasteiger charge is -1.94. The van der Waals surface area contributed by atoms with Crippen molar-refractivity contribution < 1.29 is 4.39 Å². The third-order valence-corrected chi connectivity index (χ3v) is 0.899. The SMILES string of the molecule is [B]c1ccc(N)nc1F. The molecule has 0 aliphatic heterocycles. The van der Waals surface area contributed by atoms with Gasteiger partial charge in [-0.05, 0) is 11.5 Å².